The highest BCUT2D eigenvalue weighted by Crippen LogP contribution is 2.36. The van der Waals surface area contributed by atoms with Crippen LogP contribution in [0.2, 0.25) is 0 Å². The zero-order chi connectivity index (χ0) is 18.4. The molecule has 2 aliphatic rings. The molecule has 2 aromatic carbocycles. The molecule has 134 valence electrons. The minimum absolute atomic E-state index is 0.163. The highest BCUT2D eigenvalue weighted by atomic mass is 16.1. The van der Waals surface area contributed by atoms with Crippen molar-refractivity contribution < 1.29 is 4.79 Å². The van der Waals surface area contributed by atoms with E-state index in [0.717, 1.165) is 42.3 Å². The molecule has 5 rings (SSSR count). The van der Waals surface area contributed by atoms with Crippen LogP contribution in [0, 0.1) is 6.92 Å². The Labute approximate surface area is 158 Å². The standard InChI is InChI=1S/C23H21N3O/c1-15-22-19(13-18(14-21(22)27)16-7-3-2-4-8-16)25-23(24-15)26-12-11-17-9-5-6-10-20(17)26/h2-10,18H,11-14H2,1H3/t18-/m1/s1. The number of para-hydroxylation sites is 1. The van der Waals surface area contributed by atoms with Gasteiger partial charge in [-0.15, -0.1) is 0 Å². The Morgan fingerprint density at radius 3 is 2.59 bits per heavy atom. The van der Waals surface area contributed by atoms with Crippen LogP contribution in [0.1, 0.15) is 45.2 Å². The molecule has 4 nitrogen and oxygen atoms in total. The Bertz CT molecular complexity index is 1030. The smallest absolute Gasteiger partial charge is 0.230 e. The number of anilines is 2. The monoisotopic (exact) mass is 355 g/mol. The third kappa shape index (κ3) is 2.72. The maximum atomic E-state index is 12.8. The normalized spacial score (nSPS) is 18.3. The molecule has 0 saturated heterocycles. The number of hydrogen-bond acceptors (Lipinski definition) is 4. The van der Waals surface area contributed by atoms with Crippen molar-refractivity contribution in [3.05, 3.63) is 82.7 Å². The van der Waals surface area contributed by atoms with Gasteiger partial charge in [-0.1, -0.05) is 48.5 Å². The summed E-state index contributed by atoms with van der Waals surface area (Å²) in [6, 6.07) is 18.7. The number of aromatic nitrogens is 2. The van der Waals surface area contributed by atoms with Crippen LogP contribution >= 0.6 is 0 Å². The molecule has 1 atom stereocenters. The van der Waals surface area contributed by atoms with Crippen molar-refractivity contribution in [3.8, 4) is 0 Å². The van der Waals surface area contributed by atoms with Crippen molar-refractivity contribution in [1.29, 1.82) is 0 Å². The van der Waals surface area contributed by atoms with E-state index >= 15 is 0 Å². The van der Waals surface area contributed by atoms with Gasteiger partial charge in [0.15, 0.2) is 5.78 Å². The van der Waals surface area contributed by atoms with Crippen LogP contribution in [0.4, 0.5) is 11.6 Å². The Balaban J connectivity index is 1.55. The van der Waals surface area contributed by atoms with Crippen LogP contribution in [0.3, 0.4) is 0 Å². The lowest BCUT2D eigenvalue weighted by Gasteiger charge is -2.26. The van der Waals surface area contributed by atoms with Gasteiger partial charge in [-0.3, -0.25) is 4.79 Å². The first-order valence-corrected chi connectivity index (χ1v) is 9.52. The van der Waals surface area contributed by atoms with E-state index in [1.807, 2.05) is 25.1 Å². The average Bonchev–Trinajstić information content (AvgIpc) is 3.12. The van der Waals surface area contributed by atoms with Gasteiger partial charge in [0, 0.05) is 18.7 Å². The van der Waals surface area contributed by atoms with Gasteiger partial charge in [0.2, 0.25) is 5.95 Å². The molecular formula is C23H21N3O. The summed E-state index contributed by atoms with van der Waals surface area (Å²) in [5.41, 5.74) is 6.15. The van der Waals surface area contributed by atoms with E-state index in [2.05, 4.69) is 41.3 Å². The summed E-state index contributed by atoms with van der Waals surface area (Å²) in [5.74, 6) is 1.08. The van der Waals surface area contributed by atoms with E-state index < -0.39 is 0 Å². The first kappa shape index (κ1) is 16.2. The minimum atomic E-state index is 0.163. The average molecular weight is 355 g/mol. The van der Waals surface area contributed by atoms with Crippen molar-refractivity contribution in [3.63, 3.8) is 0 Å². The number of carbonyl (C=O) groups excluding carboxylic acids is 1. The third-order valence-corrected chi connectivity index (χ3v) is 5.70. The number of fused-ring (bicyclic) bond motifs is 2. The van der Waals surface area contributed by atoms with Crippen molar-refractivity contribution in [2.75, 3.05) is 11.4 Å². The third-order valence-electron chi connectivity index (χ3n) is 5.70. The Morgan fingerprint density at radius 1 is 0.963 bits per heavy atom. The number of aryl methyl sites for hydroxylation is 1. The van der Waals surface area contributed by atoms with Gasteiger partial charge in [-0.25, -0.2) is 9.97 Å². The molecule has 0 N–H and O–H groups in total. The van der Waals surface area contributed by atoms with Gasteiger partial charge >= 0.3 is 0 Å². The highest BCUT2D eigenvalue weighted by Gasteiger charge is 2.31. The van der Waals surface area contributed by atoms with Crippen molar-refractivity contribution in [2.45, 2.75) is 32.1 Å². The van der Waals surface area contributed by atoms with E-state index in [9.17, 15) is 4.79 Å². The SMILES string of the molecule is Cc1nc(N2CCc3ccccc32)nc2c1C(=O)C[C@H](c1ccccc1)C2. The van der Waals surface area contributed by atoms with Gasteiger partial charge in [-0.2, -0.15) is 0 Å². The second kappa shape index (κ2) is 6.31. The maximum Gasteiger partial charge on any atom is 0.230 e. The number of rotatable bonds is 2. The molecule has 4 heteroatoms. The lowest BCUT2D eigenvalue weighted by Crippen LogP contribution is -2.25. The number of carbonyl (C=O) groups is 1. The van der Waals surface area contributed by atoms with E-state index in [-0.39, 0.29) is 11.7 Å². The molecule has 1 aromatic heterocycles. The fourth-order valence-corrected chi connectivity index (χ4v) is 4.39. The number of Topliss-reactive ketones (excluding diaryl/α,β-unsaturated/α-hetero) is 1. The molecule has 27 heavy (non-hydrogen) atoms. The summed E-state index contributed by atoms with van der Waals surface area (Å²) >= 11 is 0. The van der Waals surface area contributed by atoms with Crippen LogP contribution in [0.25, 0.3) is 0 Å². The lowest BCUT2D eigenvalue weighted by molar-refractivity contribution is 0.0962. The molecule has 1 aliphatic carbocycles. The van der Waals surface area contributed by atoms with Gasteiger partial charge in [0.1, 0.15) is 0 Å². The molecular weight excluding hydrogens is 334 g/mol. The van der Waals surface area contributed by atoms with E-state index in [1.54, 1.807) is 0 Å². The van der Waals surface area contributed by atoms with Crippen molar-refractivity contribution >= 4 is 17.4 Å². The molecule has 1 aliphatic heterocycles. The van der Waals surface area contributed by atoms with Crippen LogP contribution in [0.5, 0.6) is 0 Å². The highest BCUT2D eigenvalue weighted by molar-refractivity contribution is 5.99. The summed E-state index contributed by atoms with van der Waals surface area (Å²) < 4.78 is 0. The molecule has 0 amide bonds. The molecule has 0 unspecified atom stereocenters. The van der Waals surface area contributed by atoms with Gasteiger partial charge in [-0.05, 0) is 42.9 Å². The van der Waals surface area contributed by atoms with Crippen LogP contribution in [0.15, 0.2) is 54.6 Å². The Kier molecular flexibility index (Phi) is 3.78. The second-order valence-corrected chi connectivity index (χ2v) is 7.40. The van der Waals surface area contributed by atoms with E-state index in [4.69, 9.17) is 9.97 Å². The number of nitrogens with zero attached hydrogens (tertiary/aromatic N) is 3. The molecule has 0 radical (unpaired) electrons. The molecule has 3 aromatic rings. The number of ketones is 1. The van der Waals surface area contributed by atoms with Gasteiger partial charge < -0.3 is 4.90 Å². The van der Waals surface area contributed by atoms with Crippen LogP contribution < -0.4 is 4.90 Å². The molecule has 2 heterocycles. The quantitative estimate of drug-likeness (QED) is 0.684. The van der Waals surface area contributed by atoms with Crippen LogP contribution in [-0.2, 0) is 12.8 Å². The summed E-state index contributed by atoms with van der Waals surface area (Å²) in [4.78, 5) is 24.6. The van der Waals surface area contributed by atoms with Gasteiger partial charge in [0.25, 0.3) is 0 Å². The Morgan fingerprint density at radius 2 is 1.74 bits per heavy atom. The molecule has 0 spiro atoms. The zero-order valence-corrected chi connectivity index (χ0v) is 15.4. The fourth-order valence-electron chi connectivity index (χ4n) is 4.39. The Hall–Kier alpha value is -3.01. The minimum Gasteiger partial charge on any atom is -0.310 e. The summed E-state index contributed by atoms with van der Waals surface area (Å²) in [6.07, 6.45) is 2.32. The molecule has 0 fully saturated rings. The predicted molar refractivity (Wildman–Crippen MR) is 106 cm³/mol. The second-order valence-electron chi connectivity index (χ2n) is 7.40. The van der Waals surface area contributed by atoms with Crippen LogP contribution in [-0.4, -0.2) is 22.3 Å². The summed E-state index contributed by atoms with van der Waals surface area (Å²) in [5, 5.41) is 0. The molecule has 0 bridgehead atoms. The predicted octanol–water partition coefficient (Wildman–Crippen LogP) is 4.39. The van der Waals surface area contributed by atoms with Crippen molar-refractivity contribution in [1.82, 2.24) is 9.97 Å². The maximum absolute atomic E-state index is 12.8. The first-order chi connectivity index (χ1) is 13.2. The number of benzene rings is 2. The topological polar surface area (TPSA) is 46.1 Å². The largest absolute Gasteiger partial charge is 0.310 e. The first-order valence-electron chi connectivity index (χ1n) is 9.52. The van der Waals surface area contributed by atoms with E-state index in [0.29, 0.717) is 6.42 Å². The summed E-state index contributed by atoms with van der Waals surface area (Å²) in [6.45, 7) is 2.82. The number of hydrogen-bond donors (Lipinski definition) is 0. The van der Waals surface area contributed by atoms with Crippen molar-refractivity contribution in [2.24, 2.45) is 0 Å². The molecule has 0 saturated carbocycles. The lowest BCUT2D eigenvalue weighted by atomic mass is 9.81. The fraction of sp³-hybridized carbons (Fsp3) is 0.261. The van der Waals surface area contributed by atoms with E-state index in [1.165, 1.54) is 16.8 Å². The zero-order valence-electron chi connectivity index (χ0n) is 15.4. The van der Waals surface area contributed by atoms with Gasteiger partial charge in [0.05, 0.1) is 17.0 Å². The summed E-state index contributed by atoms with van der Waals surface area (Å²) in [7, 11) is 0.